The molecule has 0 aromatic heterocycles. The van der Waals surface area contributed by atoms with Gasteiger partial charge in [-0.05, 0) is 31.8 Å². The van der Waals surface area contributed by atoms with Crippen LogP contribution in [-0.2, 0) is 14.3 Å². The minimum absolute atomic E-state index is 0.970. The number of benzene rings is 1. The van der Waals surface area contributed by atoms with Gasteiger partial charge in [-0.15, -0.1) is 0 Å². The monoisotopic (exact) mass is 270 g/mol. The Balaban J connectivity index is 2.56. The lowest BCUT2D eigenvalue weighted by Gasteiger charge is -2.21. The molecule has 0 radical (unpaired) electrons. The van der Waals surface area contributed by atoms with Crippen molar-refractivity contribution in [2.75, 3.05) is 0 Å². The Morgan fingerprint density at radius 2 is 1.38 bits per heavy atom. The van der Waals surface area contributed by atoms with Crippen molar-refractivity contribution in [3.63, 3.8) is 0 Å². The van der Waals surface area contributed by atoms with Gasteiger partial charge in [0.25, 0.3) is 0 Å². The van der Waals surface area contributed by atoms with Gasteiger partial charge < -0.3 is 8.23 Å². The molecule has 0 heterocycles. The van der Waals surface area contributed by atoms with Crippen molar-refractivity contribution >= 4 is 27.4 Å². The molecule has 0 spiro atoms. The number of hydrogen-bond acceptors (Lipinski definition) is 2. The van der Waals surface area contributed by atoms with Crippen molar-refractivity contribution in [2.24, 2.45) is 0 Å². The molecule has 90 valence electrons. The molecule has 0 saturated heterocycles. The summed E-state index contributed by atoms with van der Waals surface area (Å²) in [7, 11) is -3.39. The molecule has 0 saturated carbocycles. The zero-order valence-electron chi connectivity index (χ0n) is 10.6. The van der Waals surface area contributed by atoms with E-state index < -0.39 is 27.4 Å². The van der Waals surface area contributed by atoms with Crippen LogP contribution in [0.3, 0.4) is 0 Å². The molecule has 2 nitrogen and oxygen atoms in total. The van der Waals surface area contributed by atoms with Crippen molar-refractivity contribution in [3.05, 3.63) is 35.9 Å². The minimum Gasteiger partial charge on any atom is -0.441 e. The fourth-order valence-corrected chi connectivity index (χ4v) is 8.66. The molecular weight excluding hydrogens is 248 g/mol. The van der Waals surface area contributed by atoms with Gasteiger partial charge in [-0.3, -0.25) is 0 Å². The van der Waals surface area contributed by atoms with Crippen LogP contribution in [-0.4, -0.2) is 27.4 Å². The zero-order chi connectivity index (χ0) is 12.0. The van der Waals surface area contributed by atoms with E-state index in [0.29, 0.717) is 0 Å². The third-order valence-electron chi connectivity index (χ3n) is 2.09. The Labute approximate surface area is 104 Å². The van der Waals surface area contributed by atoms with Crippen LogP contribution >= 0.6 is 0 Å². The van der Waals surface area contributed by atoms with E-state index in [4.69, 9.17) is 8.23 Å². The second-order valence-corrected chi connectivity index (χ2v) is 12.1. The molecule has 0 N–H and O–H groups in total. The topological polar surface area (TPSA) is 18.5 Å². The van der Waals surface area contributed by atoms with Gasteiger partial charge in [0.1, 0.15) is 0 Å². The Hall–Kier alpha value is -0.209. The van der Waals surface area contributed by atoms with E-state index in [-0.39, 0.29) is 0 Å². The summed E-state index contributed by atoms with van der Waals surface area (Å²) in [5.41, 5.74) is 1.35. The first-order valence-electron chi connectivity index (χ1n) is 5.92. The highest BCUT2D eigenvalue weighted by molar-refractivity contribution is 6.67. The van der Waals surface area contributed by atoms with Crippen LogP contribution in [0.2, 0.25) is 26.2 Å². The second-order valence-electron chi connectivity index (χ2n) is 4.49. The highest BCUT2D eigenvalue weighted by atomic mass is 28.4. The average Bonchev–Trinajstić information content (AvgIpc) is 2.16. The Morgan fingerprint density at radius 1 is 0.875 bits per heavy atom. The molecule has 1 aromatic carbocycles. The van der Waals surface area contributed by atoms with Crippen LogP contribution in [0.4, 0.5) is 0 Å². The molecule has 0 atom stereocenters. The Kier molecular flexibility index (Phi) is 6.22. The number of hydrogen-bond donors (Lipinski definition) is 0. The summed E-state index contributed by atoms with van der Waals surface area (Å²) in [6.07, 6.45) is 0. The van der Waals surface area contributed by atoms with Crippen molar-refractivity contribution in [1.29, 1.82) is 0 Å². The molecule has 5 heteroatoms. The first kappa shape index (κ1) is 13.9. The summed E-state index contributed by atoms with van der Waals surface area (Å²) < 4.78 is 12.1. The van der Waals surface area contributed by atoms with E-state index in [1.165, 1.54) is 5.56 Å². The van der Waals surface area contributed by atoms with Crippen molar-refractivity contribution in [2.45, 2.75) is 32.2 Å². The number of rotatable bonds is 6. The SMILES string of the molecule is C[SiH](C)O[SiH](Cc1ccccc1)O[SiH](C)C. The highest BCUT2D eigenvalue weighted by Crippen LogP contribution is 2.06. The molecule has 16 heavy (non-hydrogen) atoms. The fourth-order valence-electron chi connectivity index (χ4n) is 1.54. The lowest BCUT2D eigenvalue weighted by Crippen LogP contribution is -2.34. The van der Waals surface area contributed by atoms with Gasteiger partial charge >= 0.3 is 9.28 Å². The highest BCUT2D eigenvalue weighted by Gasteiger charge is 2.17. The van der Waals surface area contributed by atoms with E-state index in [9.17, 15) is 0 Å². The predicted molar refractivity (Wildman–Crippen MR) is 77.2 cm³/mol. The van der Waals surface area contributed by atoms with E-state index >= 15 is 0 Å². The van der Waals surface area contributed by atoms with Gasteiger partial charge in [0.2, 0.25) is 0 Å². The van der Waals surface area contributed by atoms with Gasteiger partial charge in [0, 0.05) is 6.04 Å². The van der Waals surface area contributed by atoms with Crippen molar-refractivity contribution < 1.29 is 8.23 Å². The summed E-state index contributed by atoms with van der Waals surface area (Å²) >= 11 is 0. The van der Waals surface area contributed by atoms with Crippen molar-refractivity contribution in [3.8, 4) is 0 Å². The molecule has 0 bridgehead atoms. The van der Waals surface area contributed by atoms with Gasteiger partial charge in [-0.2, -0.15) is 0 Å². The summed E-state index contributed by atoms with van der Waals surface area (Å²) in [6, 6.07) is 11.6. The molecule has 0 aliphatic carbocycles. The normalized spacial score (nSPS) is 11.7. The summed E-state index contributed by atoms with van der Waals surface area (Å²) in [5.74, 6) is 0. The summed E-state index contributed by atoms with van der Waals surface area (Å²) in [5, 5.41) is 0. The maximum atomic E-state index is 6.06. The van der Waals surface area contributed by atoms with Crippen molar-refractivity contribution in [1.82, 2.24) is 0 Å². The van der Waals surface area contributed by atoms with Crippen LogP contribution in [0.5, 0.6) is 0 Å². The lowest BCUT2D eigenvalue weighted by atomic mass is 10.2. The van der Waals surface area contributed by atoms with Gasteiger partial charge in [0.05, 0.1) is 0 Å². The predicted octanol–water partition coefficient (Wildman–Crippen LogP) is 1.99. The second kappa shape index (κ2) is 7.18. The smallest absolute Gasteiger partial charge is 0.304 e. The van der Waals surface area contributed by atoms with Gasteiger partial charge in [-0.25, -0.2) is 0 Å². The third-order valence-corrected chi connectivity index (χ3v) is 9.68. The Bertz CT molecular complexity index is 281. The van der Waals surface area contributed by atoms with Crippen LogP contribution in [0.25, 0.3) is 0 Å². The first-order chi connectivity index (χ1) is 7.58. The molecule has 0 aliphatic rings. The van der Waals surface area contributed by atoms with Gasteiger partial charge in [-0.1, -0.05) is 30.3 Å². The average molecular weight is 271 g/mol. The molecule has 1 aromatic rings. The van der Waals surface area contributed by atoms with Crippen LogP contribution in [0.15, 0.2) is 30.3 Å². The summed E-state index contributed by atoms with van der Waals surface area (Å²) in [4.78, 5) is 0. The molecule has 1 rings (SSSR count). The fraction of sp³-hybridized carbons (Fsp3) is 0.455. The van der Waals surface area contributed by atoms with E-state index in [2.05, 4.69) is 56.5 Å². The van der Waals surface area contributed by atoms with Crippen LogP contribution in [0, 0.1) is 0 Å². The maximum absolute atomic E-state index is 6.06. The minimum atomic E-state index is -1.45. The van der Waals surface area contributed by atoms with Gasteiger partial charge in [0.15, 0.2) is 18.1 Å². The van der Waals surface area contributed by atoms with E-state index in [1.807, 2.05) is 0 Å². The quantitative estimate of drug-likeness (QED) is 0.736. The Morgan fingerprint density at radius 3 is 1.81 bits per heavy atom. The molecule has 0 unspecified atom stereocenters. The molecule has 0 amide bonds. The summed E-state index contributed by atoms with van der Waals surface area (Å²) in [6.45, 7) is 8.87. The molecule has 0 fully saturated rings. The molecular formula is C11H22O2Si3. The zero-order valence-corrected chi connectivity index (χ0v) is 14.1. The van der Waals surface area contributed by atoms with E-state index in [0.717, 1.165) is 6.04 Å². The molecule has 0 aliphatic heterocycles. The first-order valence-corrected chi connectivity index (χ1v) is 13.2. The maximum Gasteiger partial charge on any atom is 0.304 e. The standard InChI is InChI=1S/C11H22O2Si3/c1-14(2)12-16(13-15(3)4)10-11-8-6-5-7-9-11/h5-9,14-16H,10H2,1-4H3. The van der Waals surface area contributed by atoms with Crippen LogP contribution < -0.4 is 0 Å². The van der Waals surface area contributed by atoms with E-state index in [1.54, 1.807) is 0 Å². The largest absolute Gasteiger partial charge is 0.441 e. The lowest BCUT2D eigenvalue weighted by molar-refractivity contribution is 0.437. The third kappa shape index (κ3) is 5.76. The van der Waals surface area contributed by atoms with Crippen LogP contribution in [0.1, 0.15) is 5.56 Å².